The lowest BCUT2D eigenvalue weighted by molar-refractivity contribution is -0.113. The number of fused-ring (bicyclic) bond motifs is 1. The molecule has 1 amide bonds. The van der Waals surface area contributed by atoms with Gasteiger partial charge in [0.25, 0.3) is 5.56 Å². The fourth-order valence-electron chi connectivity index (χ4n) is 2.20. The molecule has 7 heteroatoms. The number of rotatable bonds is 4. The van der Waals surface area contributed by atoms with E-state index < -0.39 is 0 Å². The van der Waals surface area contributed by atoms with Crippen LogP contribution < -0.4 is 10.9 Å². The number of halogens is 1. The Morgan fingerprint density at radius 2 is 2.04 bits per heavy atom. The third-order valence-electron chi connectivity index (χ3n) is 3.47. The number of para-hydroxylation sites is 1. The summed E-state index contributed by atoms with van der Waals surface area (Å²) in [6.07, 6.45) is 0. The predicted molar refractivity (Wildman–Crippen MR) is 97.9 cm³/mol. The lowest BCUT2D eigenvalue weighted by Gasteiger charge is -2.09. The average molecular weight is 360 g/mol. The van der Waals surface area contributed by atoms with Crippen LogP contribution in [0.2, 0.25) is 5.02 Å². The number of carbonyl (C=O) groups is 1. The number of aromatic nitrogens is 2. The Hall–Kier alpha value is -2.31. The monoisotopic (exact) mass is 359 g/mol. The van der Waals surface area contributed by atoms with E-state index in [0.29, 0.717) is 26.8 Å². The van der Waals surface area contributed by atoms with Gasteiger partial charge in [-0.3, -0.25) is 9.59 Å². The van der Waals surface area contributed by atoms with Gasteiger partial charge in [0.05, 0.1) is 16.7 Å². The van der Waals surface area contributed by atoms with Crippen LogP contribution in [0, 0.1) is 6.92 Å². The number of nitrogens with one attached hydrogen (secondary N) is 2. The summed E-state index contributed by atoms with van der Waals surface area (Å²) in [7, 11) is 0. The minimum absolute atomic E-state index is 0.132. The molecule has 0 aliphatic rings. The van der Waals surface area contributed by atoms with E-state index in [-0.39, 0.29) is 17.2 Å². The zero-order valence-electron chi connectivity index (χ0n) is 12.8. The number of aromatic amines is 1. The van der Waals surface area contributed by atoms with Crippen LogP contribution in [-0.4, -0.2) is 21.6 Å². The summed E-state index contributed by atoms with van der Waals surface area (Å²) in [4.78, 5) is 31.1. The molecule has 1 heterocycles. The van der Waals surface area contributed by atoms with Crippen LogP contribution in [0.15, 0.2) is 52.4 Å². The van der Waals surface area contributed by atoms with Crippen LogP contribution in [0.25, 0.3) is 10.9 Å². The molecular formula is C17H14ClN3O2S. The quantitative estimate of drug-likeness (QED) is 0.551. The molecule has 0 aliphatic carbocycles. The van der Waals surface area contributed by atoms with Gasteiger partial charge in [0.1, 0.15) is 0 Å². The summed E-state index contributed by atoms with van der Waals surface area (Å²) < 4.78 is 0. The molecule has 0 saturated heterocycles. The fourth-order valence-corrected chi connectivity index (χ4v) is 3.04. The zero-order valence-corrected chi connectivity index (χ0v) is 14.4. The van der Waals surface area contributed by atoms with E-state index in [2.05, 4.69) is 15.3 Å². The number of benzene rings is 2. The molecule has 5 nitrogen and oxygen atoms in total. The van der Waals surface area contributed by atoms with Gasteiger partial charge in [0.2, 0.25) is 5.91 Å². The van der Waals surface area contributed by atoms with E-state index in [0.717, 1.165) is 5.56 Å². The van der Waals surface area contributed by atoms with Gasteiger partial charge in [-0.05, 0) is 36.8 Å². The second kappa shape index (κ2) is 7.07. The third kappa shape index (κ3) is 3.60. The van der Waals surface area contributed by atoms with Crippen LogP contribution in [0.1, 0.15) is 5.56 Å². The van der Waals surface area contributed by atoms with Crippen molar-refractivity contribution >= 4 is 45.9 Å². The lowest BCUT2D eigenvalue weighted by Crippen LogP contribution is -2.16. The Morgan fingerprint density at radius 1 is 1.25 bits per heavy atom. The molecule has 0 aliphatic heterocycles. The van der Waals surface area contributed by atoms with Crippen molar-refractivity contribution in [2.75, 3.05) is 11.1 Å². The second-order valence-corrected chi connectivity index (χ2v) is 6.51. The van der Waals surface area contributed by atoms with E-state index in [1.165, 1.54) is 11.8 Å². The Labute approximate surface area is 147 Å². The highest BCUT2D eigenvalue weighted by atomic mass is 35.5. The van der Waals surface area contributed by atoms with Gasteiger partial charge in [0.15, 0.2) is 5.16 Å². The molecular weight excluding hydrogens is 346 g/mol. The Balaban J connectivity index is 1.70. The van der Waals surface area contributed by atoms with Gasteiger partial charge in [0, 0.05) is 10.7 Å². The van der Waals surface area contributed by atoms with Gasteiger partial charge in [-0.2, -0.15) is 0 Å². The molecule has 2 N–H and O–H groups in total. The highest BCUT2D eigenvalue weighted by Gasteiger charge is 2.09. The summed E-state index contributed by atoms with van der Waals surface area (Å²) in [6.45, 7) is 1.84. The maximum absolute atomic E-state index is 12.1. The Kier molecular flexibility index (Phi) is 4.87. The van der Waals surface area contributed by atoms with Gasteiger partial charge in [-0.25, -0.2) is 4.98 Å². The van der Waals surface area contributed by atoms with Crippen LogP contribution in [0.5, 0.6) is 0 Å². The lowest BCUT2D eigenvalue weighted by atomic mass is 10.2. The maximum atomic E-state index is 12.1. The van der Waals surface area contributed by atoms with E-state index in [1.807, 2.05) is 13.0 Å². The average Bonchev–Trinajstić information content (AvgIpc) is 2.57. The van der Waals surface area contributed by atoms with Gasteiger partial charge in [-0.15, -0.1) is 0 Å². The van der Waals surface area contributed by atoms with Crippen LogP contribution in [-0.2, 0) is 4.79 Å². The number of hydrogen-bond donors (Lipinski definition) is 2. The van der Waals surface area contributed by atoms with Crippen molar-refractivity contribution in [2.45, 2.75) is 12.1 Å². The Bertz CT molecular complexity index is 971. The predicted octanol–water partition coefficient (Wildman–Crippen LogP) is 3.62. The normalized spacial score (nSPS) is 10.8. The molecule has 0 radical (unpaired) electrons. The molecule has 0 atom stereocenters. The Morgan fingerprint density at radius 3 is 2.88 bits per heavy atom. The SMILES string of the molecule is Cc1c(Cl)cccc1NC(=O)CSc1nc2ccccc2c(=O)[nH]1. The molecule has 0 bridgehead atoms. The van der Waals surface area contributed by atoms with Gasteiger partial charge < -0.3 is 10.3 Å². The van der Waals surface area contributed by atoms with Crippen LogP contribution in [0.3, 0.4) is 0 Å². The fraction of sp³-hybridized carbons (Fsp3) is 0.118. The maximum Gasteiger partial charge on any atom is 0.259 e. The molecule has 0 spiro atoms. The van der Waals surface area contributed by atoms with E-state index in [4.69, 9.17) is 11.6 Å². The van der Waals surface area contributed by atoms with Crippen molar-refractivity contribution in [1.82, 2.24) is 9.97 Å². The number of nitrogens with zero attached hydrogens (tertiary/aromatic N) is 1. The minimum atomic E-state index is -0.214. The first-order valence-corrected chi connectivity index (χ1v) is 8.58. The summed E-state index contributed by atoms with van der Waals surface area (Å²) in [5, 5.41) is 4.35. The first kappa shape index (κ1) is 16.5. The van der Waals surface area contributed by atoms with E-state index in [9.17, 15) is 9.59 Å². The zero-order chi connectivity index (χ0) is 17.1. The number of carbonyl (C=O) groups excluding carboxylic acids is 1. The first-order valence-electron chi connectivity index (χ1n) is 7.21. The molecule has 3 rings (SSSR count). The first-order chi connectivity index (χ1) is 11.5. The summed E-state index contributed by atoms with van der Waals surface area (Å²) in [5.74, 6) is -0.0612. The molecule has 24 heavy (non-hydrogen) atoms. The molecule has 1 aromatic heterocycles. The van der Waals surface area contributed by atoms with Crippen LogP contribution >= 0.6 is 23.4 Å². The summed E-state index contributed by atoms with van der Waals surface area (Å²) >= 11 is 7.21. The molecule has 2 aromatic carbocycles. The standard InChI is InChI=1S/C17H14ClN3O2S/c1-10-12(18)6-4-8-13(10)19-15(22)9-24-17-20-14-7-3-2-5-11(14)16(23)21-17/h2-8H,9H2,1H3,(H,19,22)(H,20,21,23). The largest absolute Gasteiger partial charge is 0.325 e. The highest BCUT2D eigenvalue weighted by Crippen LogP contribution is 2.23. The molecule has 0 unspecified atom stereocenters. The second-order valence-electron chi connectivity index (χ2n) is 5.14. The van der Waals surface area contributed by atoms with Crippen molar-refractivity contribution in [1.29, 1.82) is 0 Å². The molecule has 0 fully saturated rings. The highest BCUT2D eigenvalue weighted by molar-refractivity contribution is 7.99. The van der Waals surface area contributed by atoms with Gasteiger partial charge in [-0.1, -0.05) is 41.6 Å². The van der Waals surface area contributed by atoms with Crippen molar-refractivity contribution < 1.29 is 4.79 Å². The van der Waals surface area contributed by atoms with E-state index in [1.54, 1.807) is 36.4 Å². The third-order valence-corrected chi connectivity index (χ3v) is 4.76. The number of hydrogen-bond acceptors (Lipinski definition) is 4. The number of H-pyrrole nitrogens is 1. The van der Waals surface area contributed by atoms with Gasteiger partial charge >= 0.3 is 0 Å². The van der Waals surface area contributed by atoms with Crippen molar-refractivity contribution in [3.8, 4) is 0 Å². The molecule has 3 aromatic rings. The number of thioether (sulfide) groups is 1. The molecule has 122 valence electrons. The van der Waals surface area contributed by atoms with Crippen molar-refractivity contribution in [3.05, 3.63) is 63.4 Å². The summed E-state index contributed by atoms with van der Waals surface area (Å²) in [5.41, 5.74) is 1.88. The van der Waals surface area contributed by atoms with Crippen molar-refractivity contribution in [2.24, 2.45) is 0 Å². The number of anilines is 1. The topological polar surface area (TPSA) is 74.8 Å². The summed E-state index contributed by atoms with van der Waals surface area (Å²) in [6, 6.07) is 12.4. The minimum Gasteiger partial charge on any atom is -0.325 e. The van der Waals surface area contributed by atoms with Crippen molar-refractivity contribution in [3.63, 3.8) is 0 Å². The van der Waals surface area contributed by atoms with E-state index >= 15 is 0 Å². The molecule has 0 saturated carbocycles. The number of amides is 1. The smallest absolute Gasteiger partial charge is 0.259 e. The van der Waals surface area contributed by atoms with Crippen LogP contribution in [0.4, 0.5) is 5.69 Å².